The molecule has 0 radical (unpaired) electrons. The maximum atomic E-state index is 12.4. The molecule has 2 rings (SSSR count). The van der Waals surface area contributed by atoms with E-state index in [0.29, 0.717) is 12.2 Å². The summed E-state index contributed by atoms with van der Waals surface area (Å²) in [7, 11) is 0. The third kappa shape index (κ3) is 15.4. The van der Waals surface area contributed by atoms with Gasteiger partial charge in [-0.05, 0) is 75.9 Å². The molecule has 2 aromatic rings. The second kappa shape index (κ2) is 22.4. The van der Waals surface area contributed by atoms with E-state index >= 15 is 0 Å². The lowest BCUT2D eigenvalue weighted by Crippen LogP contribution is -2.36. The number of hydrogen-bond acceptors (Lipinski definition) is 20. The van der Waals surface area contributed by atoms with Crippen molar-refractivity contribution in [2.75, 3.05) is 26.4 Å². The van der Waals surface area contributed by atoms with Crippen LogP contribution in [-0.4, -0.2) is 87.0 Å². The first-order valence-electron chi connectivity index (χ1n) is 16.0. The predicted molar refractivity (Wildman–Crippen MR) is 178 cm³/mol. The van der Waals surface area contributed by atoms with Gasteiger partial charge < -0.3 is 58.8 Å². The molecular formula is C34H38N2O18. The quantitative estimate of drug-likeness (QED) is 0.0817. The smallest absolute Gasteiger partial charge is 0.434 e. The van der Waals surface area contributed by atoms with Crippen molar-refractivity contribution in [1.82, 2.24) is 0 Å². The van der Waals surface area contributed by atoms with Gasteiger partial charge in [0, 0.05) is 12.2 Å². The standard InChI is InChI=1S/C34H38N2O18/c1-5-45-31(41)49-23-11-9-19(17-25(23)51-33(43)47-7-3)15-21(35)29(39)53-27(37)13-14-28(38)54-30(40)22(36)16-20-10-12-24(50-32(42)46-6-2)26(18-20)52-34(44)48-8-4/h9-14,17-18,21-22H,5-8,15-16,35-36H2,1-4H3/b14-13+/t21-,22-/m0/s1. The highest BCUT2D eigenvalue weighted by atomic mass is 16.8. The molecule has 2 atom stereocenters. The van der Waals surface area contributed by atoms with E-state index in [9.17, 15) is 38.4 Å². The molecule has 2 aromatic carbocycles. The van der Waals surface area contributed by atoms with Crippen LogP contribution in [0.1, 0.15) is 38.8 Å². The summed E-state index contributed by atoms with van der Waals surface area (Å²) in [5.74, 6) is -6.07. The Balaban J connectivity index is 1.99. The number of carbonyl (C=O) groups is 8. The van der Waals surface area contributed by atoms with Gasteiger partial charge in [0.2, 0.25) is 0 Å². The van der Waals surface area contributed by atoms with E-state index in [2.05, 4.69) is 9.47 Å². The lowest BCUT2D eigenvalue weighted by molar-refractivity contribution is -0.160. The van der Waals surface area contributed by atoms with Gasteiger partial charge in [-0.15, -0.1) is 0 Å². The average molecular weight is 763 g/mol. The molecule has 4 N–H and O–H groups in total. The normalized spacial score (nSPS) is 11.6. The van der Waals surface area contributed by atoms with Crippen LogP contribution < -0.4 is 30.4 Å². The maximum absolute atomic E-state index is 12.4. The minimum absolute atomic E-state index is 0.0112. The van der Waals surface area contributed by atoms with Crippen LogP contribution >= 0.6 is 0 Å². The molecule has 20 nitrogen and oxygen atoms in total. The van der Waals surface area contributed by atoms with Crippen LogP contribution in [0.3, 0.4) is 0 Å². The highest BCUT2D eigenvalue weighted by Crippen LogP contribution is 2.31. The number of hydrogen-bond donors (Lipinski definition) is 2. The van der Waals surface area contributed by atoms with Gasteiger partial charge in [0.05, 0.1) is 26.4 Å². The molecule has 0 heterocycles. The second-order valence-electron chi connectivity index (χ2n) is 10.1. The molecule has 0 amide bonds. The van der Waals surface area contributed by atoms with Gasteiger partial charge in [0.15, 0.2) is 23.0 Å². The van der Waals surface area contributed by atoms with Crippen LogP contribution in [0.25, 0.3) is 0 Å². The van der Waals surface area contributed by atoms with Crippen LogP contribution in [0.15, 0.2) is 48.6 Å². The third-order valence-electron chi connectivity index (χ3n) is 6.11. The molecule has 20 heteroatoms. The summed E-state index contributed by atoms with van der Waals surface area (Å²) in [4.78, 5) is 96.5. The van der Waals surface area contributed by atoms with Gasteiger partial charge >= 0.3 is 48.5 Å². The summed E-state index contributed by atoms with van der Waals surface area (Å²) in [6, 6.07) is 4.79. The molecule has 0 saturated carbocycles. The van der Waals surface area contributed by atoms with Crippen LogP contribution in [0.5, 0.6) is 23.0 Å². The monoisotopic (exact) mass is 762 g/mol. The lowest BCUT2D eigenvalue weighted by Gasteiger charge is -2.14. The number of benzene rings is 2. The Kier molecular flexibility index (Phi) is 18.1. The topological polar surface area (TPSA) is 281 Å². The van der Waals surface area contributed by atoms with Crippen LogP contribution in [0.4, 0.5) is 19.2 Å². The van der Waals surface area contributed by atoms with Gasteiger partial charge in [0.25, 0.3) is 0 Å². The molecule has 0 spiro atoms. The van der Waals surface area contributed by atoms with E-state index in [4.69, 9.17) is 49.4 Å². The summed E-state index contributed by atoms with van der Waals surface area (Å²) in [5.41, 5.74) is 12.3. The van der Waals surface area contributed by atoms with Crippen LogP contribution in [0, 0.1) is 0 Å². The number of ether oxygens (including phenoxy) is 10. The summed E-state index contributed by atoms with van der Waals surface area (Å²) < 4.78 is 48.2. The Hall–Kier alpha value is -6.54. The maximum Gasteiger partial charge on any atom is 0.513 e. The van der Waals surface area contributed by atoms with Crippen molar-refractivity contribution in [2.45, 2.75) is 52.6 Å². The number of carbonyl (C=O) groups excluding carboxylic acids is 8. The first-order valence-corrected chi connectivity index (χ1v) is 16.0. The summed E-state index contributed by atoms with van der Waals surface area (Å²) in [5, 5.41) is 0. The van der Waals surface area contributed by atoms with E-state index in [1.54, 1.807) is 13.8 Å². The lowest BCUT2D eigenvalue weighted by atomic mass is 10.1. The highest BCUT2D eigenvalue weighted by Gasteiger charge is 2.24. The first-order chi connectivity index (χ1) is 25.7. The summed E-state index contributed by atoms with van der Waals surface area (Å²) >= 11 is 0. The molecular weight excluding hydrogens is 724 g/mol. The predicted octanol–water partition coefficient (Wildman–Crippen LogP) is 2.96. The van der Waals surface area contributed by atoms with Gasteiger partial charge in [0.1, 0.15) is 12.1 Å². The van der Waals surface area contributed by atoms with Crippen molar-refractivity contribution in [3.63, 3.8) is 0 Å². The van der Waals surface area contributed by atoms with E-state index in [0.717, 1.165) is 0 Å². The van der Waals surface area contributed by atoms with Crippen LogP contribution in [-0.2, 0) is 60.4 Å². The Morgan fingerprint density at radius 2 is 0.796 bits per heavy atom. The van der Waals surface area contributed by atoms with Gasteiger partial charge in [-0.1, -0.05) is 12.1 Å². The van der Waals surface area contributed by atoms with E-state index in [-0.39, 0.29) is 73.4 Å². The van der Waals surface area contributed by atoms with Crippen molar-refractivity contribution >= 4 is 48.5 Å². The third-order valence-corrected chi connectivity index (χ3v) is 6.11. The molecule has 0 aliphatic carbocycles. The van der Waals surface area contributed by atoms with Crippen molar-refractivity contribution in [2.24, 2.45) is 11.5 Å². The number of esters is 4. The fraction of sp³-hybridized carbons (Fsp3) is 0.353. The van der Waals surface area contributed by atoms with Crippen molar-refractivity contribution in [1.29, 1.82) is 0 Å². The molecule has 292 valence electrons. The minimum Gasteiger partial charge on any atom is -0.434 e. The minimum atomic E-state index is -1.45. The zero-order valence-electron chi connectivity index (χ0n) is 29.5. The summed E-state index contributed by atoms with van der Waals surface area (Å²) in [6.07, 6.45) is -3.91. The fourth-order valence-corrected chi connectivity index (χ4v) is 3.86. The molecule has 0 bridgehead atoms. The van der Waals surface area contributed by atoms with Gasteiger partial charge in [-0.25, -0.2) is 38.4 Å². The molecule has 0 fully saturated rings. The largest absolute Gasteiger partial charge is 0.513 e. The molecule has 54 heavy (non-hydrogen) atoms. The molecule has 0 aliphatic rings. The van der Waals surface area contributed by atoms with E-state index in [1.165, 1.54) is 50.2 Å². The van der Waals surface area contributed by atoms with Gasteiger partial charge in [-0.3, -0.25) is 0 Å². The van der Waals surface area contributed by atoms with Crippen molar-refractivity contribution in [3.05, 3.63) is 59.7 Å². The zero-order valence-corrected chi connectivity index (χ0v) is 29.5. The molecule has 0 aromatic heterocycles. The Morgan fingerprint density at radius 3 is 1.09 bits per heavy atom. The van der Waals surface area contributed by atoms with Crippen LogP contribution in [0.2, 0.25) is 0 Å². The SMILES string of the molecule is CCOC(=O)Oc1ccc(C[C@H](N)C(=O)OC(=O)/C=C/C(=O)OC(=O)[C@@H](N)Cc2ccc(OC(=O)OCC)c(OC(=O)OCC)c2)cc1OC(=O)OCC. The molecule has 0 unspecified atom stereocenters. The van der Waals surface area contributed by atoms with E-state index < -0.39 is 60.6 Å². The second-order valence-corrected chi connectivity index (χ2v) is 10.1. The summed E-state index contributed by atoms with van der Waals surface area (Å²) in [6.45, 7) is 6.16. The highest BCUT2D eigenvalue weighted by molar-refractivity contribution is 6.00. The Labute approximate surface area is 307 Å². The molecule has 0 aliphatic heterocycles. The number of rotatable bonds is 16. The number of nitrogens with two attached hydrogens (primary N) is 2. The Bertz CT molecular complexity index is 1600. The average Bonchev–Trinajstić information content (AvgIpc) is 3.10. The van der Waals surface area contributed by atoms with Crippen molar-refractivity contribution < 1.29 is 85.7 Å². The fourth-order valence-electron chi connectivity index (χ4n) is 3.86. The first kappa shape index (κ1) is 43.6. The zero-order chi connectivity index (χ0) is 40.2. The van der Waals surface area contributed by atoms with Gasteiger partial charge in [-0.2, -0.15) is 0 Å². The van der Waals surface area contributed by atoms with Crippen molar-refractivity contribution in [3.8, 4) is 23.0 Å². The van der Waals surface area contributed by atoms with E-state index in [1.807, 2.05) is 0 Å². The Morgan fingerprint density at radius 1 is 0.500 bits per heavy atom. The molecule has 0 saturated heterocycles.